The fourth-order valence-corrected chi connectivity index (χ4v) is 1.93. The molecule has 0 aliphatic heterocycles. The summed E-state index contributed by atoms with van der Waals surface area (Å²) in [7, 11) is 0. The number of aliphatic hydroxyl groups excluding tert-OH is 1. The first-order valence-electron chi connectivity index (χ1n) is 8.87. The van der Waals surface area contributed by atoms with Crippen molar-refractivity contribution < 1.29 is 24.1 Å². The Labute approximate surface area is 151 Å². The molecule has 1 unspecified atom stereocenters. The zero-order chi connectivity index (χ0) is 18.5. The number of hydrogen-bond acceptors (Lipinski definition) is 6. The van der Waals surface area contributed by atoms with Crippen LogP contribution in [0.1, 0.15) is 33.3 Å². The monoisotopic (exact) mass is 355 g/mol. The second kappa shape index (κ2) is 13.1. The van der Waals surface area contributed by atoms with E-state index < -0.39 is 6.10 Å². The van der Waals surface area contributed by atoms with E-state index in [4.69, 9.17) is 18.9 Å². The van der Waals surface area contributed by atoms with Gasteiger partial charge in [0.25, 0.3) is 0 Å². The van der Waals surface area contributed by atoms with Crippen molar-refractivity contribution in [3.05, 3.63) is 29.8 Å². The van der Waals surface area contributed by atoms with Gasteiger partial charge >= 0.3 is 0 Å². The lowest BCUT2D eigenvalue weighted by atomic mass is 10.2. The van der Waals surface area contributed by atoms with E-state index in [0.717, 1.165) is 11.3 Å². The maximum atomic E-state index is 9.82. The summed E-state index contributed by atoms with van der Waals surface area (Å²) in [5.41, 5.74) is 1.04. The van der Waals surface area contributed by atoms with Crippen LogP contribution in [-0.2, 0) is 20.8 Å². The van der Waals surface area contributed by atoms with Gasteiger partial charge in [-0.1, -0.05) is 26.0 Å². The number of hydrogen-bond donors (Lipinski definition) is 2. The highest BCUT2D eigenvalue weighted by molar-refractivity contribution is 5.26. The molecule has 0 saturated heterocycles. The summed E-state index contributed by atoms with van der Waals surface area (Å²) in [5.74, 6) is 0.731. The molecular weight excluding hydrogens is 322 g/mol. The molecule has 25 heavy (non-hydrogen) atoms. The van der Waals surface area contributed by atoms with Crippen LogP contribution in [0.5, 0.6) is 5.75 Å². The first kappa shape index (κ1) is 21.9. The van der Waals surface area contributed by atoms with E-state index in [1.54, 1.807) is 0 Å². The minimum atomic E-state index is -0.526. The Morgan fingerprint density at radius 3 is 2.36 bits per heavy atom. The predicted octanol–water partition coefficient (Wildman–Crippen LogP) is 2.34. The molecule has 0 aliphatic rings. The maximum absolute atomic E-state index is 9.82. The third-order valence-electron chi connectivity index (χ3n) is 3.24. The highest BCUT2D eigenvalue weighted by Gasteiger charge is 2.06. The average Bonchev–Trinajstić information content (AvgIpc) is 2.58. The highest BCUT2D eigenvalue weighted by Crippen LogP contribution is 2.13. The lowest BCUT2D eigenvalue weighted by Crippen LogP contribution is -2.35. The SMILES string of the molecule is CC(C)NCC(O)COc1ccc(COCOCCOC(C)C)cc1. The summed E-state index contributed by atoms with van der Waals surface area (Å²) < 4.78 is 21.7. The third-order valence-corrected chi connectivity index (χ3v) is 3.24. The summed E-state index contributed by atoms with van der Waals surface area (Å²) in [5, 5.41) is 13.0. The largest absolute Gasteiger partial charge is 0.491 e. The van der Waals surface area contributed by atoms with Crippen molar-refractivity contribution in [3.63, 3.8) is 0 Å². The fourth-order valence-electron chi connectivity index (χ4n) is 1.93. The number of ether oxygens (including phenoxy) is 4. The Balaban J connectivity index is 2.12. The number of nitrogens with one attached hydrogen (secondary N) is 1. The smallest absolute Gasteiger partial charge is 0.147 e. The van der Waals surface area contributed by atoms with Crippen molar-refractivity contribution in [3.8, 4) is 5.75 Å². The summed E-state index contributed by atoms with van der Waals surface area (Å²) in [6.07, 6.45) is -0.305. The average molecular weight is 355 g/mol. The number of rotatable bonds is 14. The Hall–Kier alpha value is -1.18. The molecule has 6 heteroatoms. The summed E-state index contributed by atoms with van der Waals surface area (Å²) >= 11 is 0. The third kappa shape index (κ3) is 11.9. The van der Waals surface area contributed by atoms with E-state index in [1.165, 1.54) is 0 Å². The van der Waals surface area contributed by atoms with Crippen LogP contribution in [0.3, 0.4) is 0 Å². The molecule has 0 saturated carbocycles. The molecule has 0 spiro atoms. The first-order valence-corrected chi connectivity index (χ1v) is 8.87. The first-order chi connectivity index (χ1) is 12.0. The van der Waals surface area contributed by atoms with Gasteiger partial charge in [-0.3, -0.25) is 0 Å². The highest BCUT2D eigenvalue weighted by atomic mass is 16.7. The van der Waals surface area contributed by atoms with Gasteiger partial charge in [-0.2, -0.15) is 0 Å². The van der Waals surface area contributed by atoms with Crippen LogP contribution in [0.2, 0.25) is 0 Å². The van der Waals surface area contributed by atoms with E-state index in [9.17, 15) is 5.11 Å². The molecule has 6 nitrogen and oxygen atoms in total. The molecular formula is C19H33NO5. The van der Waals surface area contributed by atoms with Crippen LogP contribution >= 0.6 is 0 Å². The van der Waals surface area contributed by atoms with Crippen molar-refractivity contribution in [2.75, 3.05) is 33.2 Å². The van der Waals surface area contributed by atoms with Gasteiger partial charge in [0.1, 0.15) is 25.3 Å². The van der Waals surface area contributed by atoms with Crippen LogP contribution < -0.4 is 10.1 Å². The normalized spacial score (nSPS) is 12.8. The molecule has 144 valence electrons. The maximum Gasteiger partial charge on any atom is 0.147 e. The van der Waals surface area contributed by atoms with Crippen LogP contribution in [0, 0.1) is 0 Å². The lowest BCUT2D eigenvalue weighted by Gasteiger charge is -2.15. The second-order valence-corrected chi connectivity index (χ2v) is 6.47. The van der Waals surface area contributed by atoms with Gasteiger partial charge < -0.3 is 29.4 Å². The molecule has 1 aromatic rings. The molecule has 0 bridgehead atoms. The van der Waals surface area contributed by atoms with Crippen LogP contribution in [0.25, 0.3) is 0 Å². The van der Waals surface area contributed by atoms with E-state index in [-0.39, 0.29) is 19.5 Å². The van der Waals surface area contributed by atoms with Crippen LogP contribution in [0.15, 0.2) is 24.3 Å². The van der Waals surface area contributed by atoms with Crippen LogP contribution in [0.4, 0.5) is 0 Å². The topological polar surface area (TPSA) is 69.2 Å². The molecule has 2 N–H and O–H groups in total. The van der Waals surface area contributed by atoms with Crippen molar-refractivity contribution in [2.24, 2.45) is 0 Å². The van der Waals surface area contributed by atoms with Crippen molar-refractivity contribution in [2.45, 2.75) is 52.6 Å². The Bertz CT molecular complexity index is 436. The molecule has 0 radical (unpaired) electrons. The van der Waals surface area contributed by atoms with Gasteiger partial charge in [0.2, 0.25) is 0 Å². The summed E-state index contributed by atoms with van der Waals surface area (Å²) in [4.78, 5) is 0. The van der Waals surface area contributed by atoms with Gasteiger partial charge in [0.15, 0.2) is 0 Å². The predicted molar refractivity (Wildman–Crippen MR) is 97.8 cm³/mol. The van der Waals surface area contributed by atoms with Crippen molar-refractivity contribution in [1.82, 2.24) is 5.32 Å². The summed E-state index contributed by atoms with van der Waals surface area (Å²) in [6.45, 7) is 10.7. The van der Waals surface area contributed by atoms with Crippen molar-refractivity contribution in [1.29, 1.82) is 0 Å². The quantitative estimate of drug-likeness (QED) is 0.394. The summed E-state index contributed by atoms with van der Waals surface area (Å²) in [6, 6.07) is 7.98. The van der Waals surface area contributed by atoms with Crippen molar-refractivity contribution >= 4 is 0 Å². The molecule has 1 atom stereocenters. The molecule has 1 aromatic carbocycles. The zero-order valence-electron chi connectivity index (χ0n) is 15.9. The Kier molecular flexibility index (Phi) is 11.4. The van der Waals surface area contributed by atoms with E-state index >= 15 is 0 Å². The van der Waals surface area contributed by atoms with E-state index in [0.29, 0.717) is 32.4 Å². The van der Waals surface area contributed by atoms with Gasteiger partial charge in [-0.05, 0) is 31.5 Å². The van der Waals surface area contributed by atoms with Gasteiger partial charge in [0.05, 0.1) is 25.9 Å². The molecule has 1 rings (SSSR count). The lowest BCUT2D eigenvalue weighted by molar-refractivity contribution is -0.0806. The number of aliphatic hydroxyl groups is 1. The second-order valence-electron chi connectivity index (χ2n) is 6.47. The Morgan fingerprint density at radius 2 is 1.72 bits per heavy atom. The zero-order valence-corrected chi connectivity index (χ0v) is 15.9. The molecule has 0 aliphatic carbocycles. The molecule has 0 amide bonds. The fraction of sp³-hybridized carbons (Fsp3) is 0.684. The molecule has 0 heterocycles. The van der Waals surface area contributed by atoms with Gasteiger partial charge in [-0.15, -0.1) is 0 Å². The van der Waals surface area contributed by atoms with Crippen LogP contribution in [-0.4, -0.2) is 56.5 Å². The molecule has 0 fully saturated rings. The van der Waals surface area contributed by atoms with E-state index in [2.05, 4.69) is 5.32 Å². The minimum absolute atomic E-state index is 0.220. The minimum Gasteiger partial charge on any atom is -0.491 e. The number of benzene rings is 1. The van der Waals surface area contributed by atoms with E-state index in [1.807, 2.05) is 52.0 Å². The molecule has 0 aromatic heterocycles. The van der Waals surface area contributed by atoms with Gasteiger partial charge in [0, 0.05) is 12.6 Å². The standard InChI is InChI=1S/C19H33NO5/c1-15(2)20-11-18(21)13-25-19-7-5-17(6-8-19)12-23-14-22-9-10-24-16(3)4/h5-8,15-16,18,20-21H,9-14H2,1-4H3. The van der Waals surface area contributed by atoms with Gasteiger partial charge in [-0.25, -0.2) is 0 Å². The Morgan fingerprint density at radius 1 is 1.00 bits per heavy atom.